The Labute approximate surface area is 172 Å². The maximum Gasteiger partial charge on any atom is 0.309 e. The molecule has 29 heavy (non-hydrogen) atoms. The Morgan fingerprint density at radius 2 is 2.00 bits per heavy atom. The molecule has 0 radical (unpaired) electrons. The maximum atomic E-state index is 12.4. The Kier molecular flexibility index (Phi) is 4.94. The zero-order valence-corrected chi connectivity index (χ0v) is 16.9. The number of ether oxygens (including phenoxy) is 1. The summed E-state index contributed by atoms with van der Waals surface area (Å²) in [4.78, 5) is 21.4. The highest BCUT2D eigenvalue weighted by molar-refractivity contribution is 5.75. The molecule has 4 heteroatoms. The number of aromatic nitrogens is 2. The molecule has 0 amide bonds. The molecule has 0 bridgehead atoms. The van der Waals surface area contributed by atoms with Gasteiger partial charge in [0.15, 0.2) is 0 Å². The minimum Gasteiger partial charge on any atom is -0.462 e. The zero-order valence-electron chi connectivity index (χ0n) is 16.9. The van der Waals surface area contributed by atoms with E-state index in [-0.39, 0.29) is 18.0 Å². The average Bonchev–Trinajstić information content (AvgIpc) is 3.05. The van der Waals surface area contributed by atoms with Gasteiger partial charge in [-0.05, 0) is 67.9 Å². The van der Waals surface area contributed by atoms with Gasteiger partial charge in [-0.25, -0.2) is 0 Å². The lowest BCUT2D eigenvalue weighted by Gasteiger charge is -2.45. The number of hydrogen-bond donors (Lipinski definition) is 0. The van der Waals surface area contributed by atoms with Crippen LogP contribution >= 0.6 is 0 Å². The summed E-state index contributed by atoms with van der Waals surface area (Å²) in [5, 5.41) is 0. The van der Waals surface area contributed by atoms with Gasteiger partial charge in [0.05, 0.1) is 17.3 Å². The van der Waals surface area contributed by atoms with Crippen LogP contribution in [0.3, 0.4) is 0 Å². The van der Waals surface area contributed by atoms with Crippen molar-refractivity contribution in [2.75, 3.05) is 0 Å². The van der Waals surface area contributed by atoms with Crippen molar-refractivity contribution in [1.82, 2.24) is 9.97 Å². The van der Waals surface area contributed by atoms with Crippen molar-refractivity contribution < 1.29 is 9.53 Å². The normalized spacial score (nSPS) is 33.9. The first kappa shape index (κ1) is 18.5. The molecule has 2 aromatic heterocycles. The van der Waals surface area contributed by atoms with Crippen LogP contribution in [0.2, 0.25) is 0 Å². The molecule has 0 N–H and O–H groups in total. The summed E-state index contributed by atoms with van der Waals surface area (Å²) in [6, 6.07) is 10.0. The Balaban J connectivity index is 1.39. The van der Waals surface area contributed by atoms with Gasteiger partial charge in [-0.1, -0.05) is 31.4 Å². The van der Waals surface area contributed by atoms with Gasteiger partial charge in [0.1, 0.15) is 6.10 Å². The number of carbonyl (C=O) groups excluding carboxylic acids is 1. The lowest BCUT2D eigenvalue weighted by Crippen LogP contribution is -2.42. The summed E-state index contributed by atoms with van der Waals surface area (Å²) >= 11 is 0. The third-order valence-electron chi connectivity index (χ3n) is 7.31. The van der Waals surface area contributed by atoms with Gasteiger partial charge >= 0.3 is 5.97 Å². The molecule has 6 unspecified atom stereocenters. The molecule has 0 spiro atoms. The molecule has 2 aromatic rings. The first-order chi connectivity index (χ1) is 14.2. The van der Waals surface area contributed by atoms with Crippen LogP contribution in [-0.4, -0.2) is 22.0 Å². The van der Waals surface area contributed by atoms with Crippen LogP contribution < -0.4 is 0 Å². The number of rotatable bonds is 3. The molecule has 150 valence electrons. The smallest absolute Gasteiger partial charge is 0.309 e. The fraction of sp³-hybridized carbons (Fsp3) is 0.480. The van der Waals surface area contributed by atoms with E-state index in [1.165, 1.54) is 25.7 Å². The third-order valence-corrected chi connectivity index (χ3v) is 7.31. The molecule has 0 aromatic carbocycles. The number of esters is 1. The van der Waals surface area contributed by atoms with Gasteiger partial charge in [-0.3, -0.25) is 14.8 Å². The molecule has 2 saturated carbocycles. The van der Waals surface area contributed by atoms with E-state index in [9.17, 15) is 4.79 Å². The lowest BCUT2D eigenvalue weighted by atomic mass is 9.57. The topological polar surface area (TPSA) is 52.1 Å². The van der Waals surface area contributed by atoms with Gasteiger partial charge < -0.3 is 4.74 Å². The van der Waals surface area contributed by atoms with E-state index in [4.69, 9.17) is 4.74 Å². The molecule has 2 aliphatic carbocycles. The van der Waals surface area contributed by atoms with Gasteiger partial charge in [0.25, 0.3) is 0 Å². The van der Waals surface area contributed by atoms with Crippen LogP contribution in [0.5, 0.6) is 0 Å². The van der Waals surface area contributed by atoms with E-state index >= 15 is 0 Å². The Morgan fingerprint density at radius 3 is 2.79 bits per heavy atom. The van der Waals surface area contributed by atoms with Crippen molar-refractivity contribution in [3.8, 4) is 11.3 Å². The molecule has 3 heterocycles. The summed E-state index contributed by atoms with van der Waals surface area (Å²) in [7, 11) is 0. The second-order valence-corrected chi connectivity index (χ2v) is 8.89. The van der Waals surface area contributed by atoms with Crippen LogP contribution in [-0.2, 0) is 9.53 Å². The van der Waals surface area contributed by atoms with Crippen LogP contribution in [0.4, 0.5) is 0 Å². The molecule has 5 rings (SSSR count). The predicted molar refractivity (Wildman–Crippen MR) is 113 cm³/mol. The summed E-state index contributed by atoms with van der Waals surface area (Å²) < 4.78 is 5.67. The maximum absolute atomic E-state index is 12.4. The number of allylic oxidation sites excluding steroid dienone is 1. The largest absolute Gasteiger partial charge is 0.462 e. The minimum atomic E-state index is 0.0181. The minimum absolute atomic E-state index is 0.0181. The van der Waals surface area contributed by atoms with E-state index < -0.39 is 0 Å². The lowest BCUT2D eigenvalue weighted by molar-refractivity contribution is -0.144. The van der Waals surface area contributed by atoms with Crippen LogP contribution in [0.25, 0.3) is 17.3 Å². The highest BCUT2D eigenvalue weighted by atomic mass is 16.6. The Bertz CT molecular complexity index is 893. The second-order valence-electron chi connectivity index (χ2n) is 8.89. The number of pyridine rings is 2. The van der Waals surface area contributed by atoms with Gasteiger partial charge in [0.2, 0.25) is 0 Å². The van der Waals surface area contributed by atoms with Crippen molar-refractivity contribution in [2.45, 2.75) is 45.1 Å². The van der Waals surface area contributed by atoms with Crippen molar-refractivity contribution in [3.05, 3.63) is 54.5 Å². The third kappa shape index (κ3) is 3.50. The predicted octanol–water partition coefficient (Wildman–Crippen LogP) is 5.16. The summed E-state index contributed by atoms with van der Waals surface area (Å²) in [5.41, 5.74) is 2.92. The quantitative estimate of drug-likeness (QED) is 0.682. The SMILES string of the molecule is CC1OC(=O)C2CC3CCCCC3C(/C=C/c3ccc(-c4ccccn4)cn3)C12. The number of nitrogens with zero attached hydrogens (tertiary/aromatic N) is 2. The molecule has 4 nitrogen and oxygen atoms in total. The van der Waals surface area contributed by atoms with Crippen LogP contribution in [0, 0.1) is 29.6 Å². The molecule has 1 aliphatic heterocycles. The monoisotopic (exact) mass is 388 g/mol. The first-order valence-electron chi connectivity index (χ1n) is 11.0. The van der Waals surface area contributed by atoms with Crippen LogP contribution in [0.15, 0.2) is 48.8 Å². The highest BCUT2D eigenvalue weighted by Gasteiger charge is 2.53. The highest BCUT2D eigenvalue weighted by Crippen LogP contribution is 2.53. The second kappa shape index (κ2) is 7.74. The zero-order chi connectivity index (χ0) is 19.8. The van der Waals surface area contributed by atoms with Gasteiger partial charge in [0, 0.05) is 23.9 Å². The van der Waals surface area contributed by atoms with E-state index in [1.807, 2.05) is 24.4 Å². The van der Waals surface area contributed by atoms with Crippen molar-refractivity contribution >= 4 is 12.0 Å². The van der Waals surface area contributed by atoms with E-state index in [0.29, 0.717) is 23.7 Å². The number of carbonyl (C=O) groups is 1. The molecular weight excluding hydrogens is 360 g/mol. The molecule has 6 atom stereocenters. The number of cyclic esters (lactones) is 1. The summed E-state index contributed by atoms with van der Waals surface area (Å²) in [6.07, 6.45) is 14.4. The van der Waals surface area contributed by atoms with Crippen LogP contribution in [0.1, 0.15) is 44.7 Å². The standard InChI is InChI=1S/C25H28N2O2/c1-16-24-21(20-7-3-2-6-17(20)14-22(24)25(28)29-16)12-11-19-10-9-18(15-27-19)23-8-4-5-13-26-23/h4-5,8-13,15-17,20-22,24H,2-3,6-7,14H2,1H3/b12-11+. The Hall–Kier alpha value is -2.49. The molecule has 3 aliphatic rings. The van der Waals surface area contributed by atoms with Crippen molar-refractivity contribution in [2.24, 2.45) is 29.6 Å². The first-order valence-corrected chi connectivity index (χ1v) is 11.0. The number of fused-ring (bicyclic) bond motifs is 2. The van der Waals surface area contributed by atoms with E-state index in [1.54, 1.807) is 6.20 Å². The van der Waals surface area contributed by atoms with Crippen molar-refractivity contribution in [1.29, 1.82) is 0 Å². The van der Waals surface area contributed by atoms with Gasteiger partial charge in [-0.15, -0.1) is 0 Å². The molecular formula is C25H28N2O2. The summed E-state index contributed by atoms with van der Waals surface area (Å²) in [5.74, 6) is 2.16. The fourth-order valence-corrected chi connectivity index (χ4v) is 5.98. The Morgan fingerprint density at radius 1 is 1.10 bits per heavy atom. The van der Waals surface area contributed by atoms with Gasteiger partial charge in [-0.2, -0.15) is 0 Å². The summed E-state index contributed by atoms with van der Waals surface area (Å²) in [6.45, 7) is 2.08. The molecule has 3 fully saturated rings. The van der Waals surface area contributed by atoms with Crippen molar-refractivity contribution in [3.63, 3.8) is 0 Å². The fourth-order valence-electron chi connectivity index (χ4n) is 5.98. The van der Waals surface area contributed by atoms with E-state index in [0.717, 1.165) is 23.4 Å². The average molecular weight is 389 g/mol. The molecule has 1 saturated heterocycles. The number of hydrogen-bond acceptors (Lipinski definition) is 4. The van der Waals surface area contributed by atoms with E-state index in [2.05, 4.69) is 41.2 Å².